The van der Waals surface area contributed by atoms with Gasteiger partial charge in [0.2, 0.25) is 5.91 Å². The fraction of sp³-hybridized carbons (Fsp3) is 0.467. The number of ether oxygens (including phenoxy) is 1. The van der Waals surface area contributed by atoms with Gasteiger partial charge < -0.3 is 20.0 Å². The quantitative estimate of drug-likeness (QED) is 0.908. The monoisotopic (exact) mass is 308 g/mol. The molecule has 4 atom stereocenters. The second kappa shape index (κ2) is 5.31. The van der Waals surface area contributed by atoms with Crippen LogP contribution in [-0.4, -0.2) is 24.1 Å². The minimum absolute atomic E-state index is 0.334. The van der Waals surface area contributed by atoms with E-state index >= 15 is 0 Å². The molecule has 2 heterocycles. The van der Waals surface area contributed by atoms with Gasteiger partial charge in [-0.05, 0) is 37.5 Å². The number of hydrogen-bond donors (Lipinski definition) is 1. The highest BCUT2D eigenvalue weighted by atomic mass is 35.5. The Morgan fingerprint density at radius 2 is 1.95 bits per heavy atom. The third-order valence-electron chi connectivity index (χ3n) is 4.29. The largest absolute Gasteiger partial charge is 0.550 e. The molecule has 21 heavy (non-hydrogen) atoms. The van der Waals surface area contributed by atoms with Crippen molar-refractivity contribution in [1.82, 2.24) is 0 Å². The molecule has 1 aromatic rings. The van der Waals surface area contributed by atoms with Gasteiger partial charge in [0.05, 0.1) is 18.1 Å². The van der Waals surface area contributed by atoms with E-state index in [0.717, 1.165) is 5.56 Å². The predicted octanol–water partition coefficient (Wildman–Crippen LogP) is 1.13. The zero-order chi connectivity index (χ0) is 15.1. The van der Waals surface area contributed by atoms with Crippen LogP contribution < -0.4 is 10.4 Å². The number of aryl methyl sites for hydroxylation is 1. The average molecular weight is 309 g/mol. The van der Waals surface area contributed by atoms with Gasteiger partial charge in [-0.25, -0.2) is 0 Å². The summed E-state index contributed by atoms with van der Waals surface area (Å²) >= 11 is 6.02. The minimum atomic E-state index is -1.22. The van der Waals surface area contributed by atoms with E-state index in [1.54, 1.807) is 18.2 Å². The van der Waals surface area contributed by atoms with Crippen molar-refractivity contribution in [2.45, 2.75) is 32.0 Å². The van der Waals surface area contributed by atoms with E-state index in [1.807, 2.05) is 6.92 Å². The first-order valence-electron chi connectivity index (χ1n) is 6.90. The second-order valence-electron chi connectivity index (χ2n) is 5.61. The lowest BCUT2D eigenvalue weighted by Crippen LogP contribution is -2.46. The lowest BCUT2D eigenvalue weighted by Gasteiger charge is -2.27. The molecule has 2 fully saturated rings. The number of halogens is 1. The number of amides is 1. The number of fused-ring (bicyclic) bond motifs is 2. The van der Waals surface area contributed by atoms with Crippen molar-refractivity contribution >= 4 is 29.2 Å². The summed E-state index contributed by atoms with van der Waals surface area (Å²) < 4.78 is 5.55. The van der Waals surface area contributed by atoms with Gasteiger partial charge in [0.15, 0.2) is 0 Å². The number of carbonyl (C=O) groups excluding carboxylic acids is 2. The number of carboxylic acids is 1. The summed E-state index contributed by atoms with van der Waals surface area (Å²) in [5, 5.41) is 14.5. The summed E-state index contributed by atoms with van der Waals surface area (Å²) in [6.45, 7) is 1.86. The number of hydrogen-bond acceptors (Lipinski definition) is 4. The Bertz CT molecular complexity index is 603. The van der Waals surface area contributed by atoms with Crippen LogP contribution in [0.5, 0.6) is 0 Å². The van der Waals surface area contributed by atoms with Crippen LogP contribution in [-0.2, 0) is 14.3 Å². The van der Waals surface area contributed by atoms with Crippen molar-refractivity contribution in [3.63, 3.8) is 0 Å². The lowest BCUT2D eigenvalue weighted by molar-refractivity contribution is -0.313. The van der Waals surface area contributed by atoms with E-state index in [4.69, 9.17) is 16.3 Å². The van der Waals surface area contributed by atoms with Crippen molar-refractivity contribution in [2.24, 2.45) is 11.8 Å². The van der Waals surface area contributed by atoms with Crippen molar-refractivity contribution < 1.29 is 19.4 Å². The van der Waals surface area contributed by atoms with Crippen LogP contribution in [0.25, 0.3) is 0 Å². The topological polar surface area (TPSA) is 78.5 Å². The molecular formula is C15H15ClNO4-. The normalized spacial score (nSPS) is 30.4. The maximum absolute atomic E-state index is 12.4. The molecule has 112 valence electrons. The number of carbonyl (C=O) groups is 2. The van der Waals surface area contributed by atoms with E-state index in [2.05, 4.69) is 5.32 Å². The van der Waals surface area contributed by atoms with Crippen LogP contribution in [0.15, 0.2) is 18.2 Å². The molecule has 5 nitrogen and oxygen atoms in total. The molecule has 2 aliphatic rings. The summed E-state index contributed by atoms with van der Waals surface area (Å²) in [5.74, 6) is -3.14. The standard InChI is InChI=1S/C15H16ClNO4/c1-7-2-3-8(6-9(7)16)17-14(18)12-10-4-5-11(21-10)13(12)15(19)20/h2-3,6,10-13H,4-5H2,1H3,(H,17,18)(H,19,20)/p-1/t10-,11+,12-,13-/m0/s1. The van der Waals surface area contributed by atoms with Crippen molar-refractivity contribution in [3.8, 4) is 0 Å². The Balaban J connectivity index is 1.78. The average Bonchev–Trinajstić information content (AvgIpc) is 3.03. The van der Waals surface area contributed by atoms with Crippen molar-refractivity contribution in [1.29, 1.82) is 0 Å². The van der Waals surface area contributed by atoms with Gasteiger partial charge in [-0.3, -0.25) is 4.79 Å². The van der Waals surface area contributed by atoms with E-state index in [-0.39, 0.29) is 12.0 Å². The Labute approximate surface area is 127 Å². The molecule has 0 aromatic heterocycles. The van der Waals surface area contributed by atoms with Gasteiger partial charge in [0, 0.05) is 22.6 Å². The van der Waals surface area contributed by atoms with Crippen LogP contribution in [0.4, 0.5) is 5.69 Å². The van der Waals surface area contributed by atoms with Gasteiger partial charge in [0.25, 0.3) is 0 Å². The Hall–Kier alpha value is -1.59. The predicted molar refractivity (Wildman–Crippen MR) is 74.7 cm³/mol. The second-order valence-corrected chi connectivity index (χ2v) is 6.02. The maximum Gasteiger partial charge on any atom is 0.230 e. The Kier molecular flexibility index (Phi) is 3.63. The molecule has 1 amide bonds. The zero-order valence-electron chi connectivity index (χ0n) is 11.5. The van der Waals surface area contributed by atoms with E-state index in [0.29, 0.717) is 23.6 Å². The van der Waals surface area contributed by atoms with Gasteiger partial charge in [-0.15, -0.1) is 0 Å². The number of rotatable bonds is 3. The van der Waals surface area contributed by atoms with Crippen molar-refractivity contribution in [3.05, 3.63) is 28.8 Å². The van der Waals surface area contributed by atoms with E-state index in [1.165, 1.54) is 0 Å². The number of carboxylic acid groups (broad SMARTS) is 1. The first-order chi connectivity index (χ1) is 9.97. The molecule has 1 aromatic carbocycles. The lowest BCUT2D eigenvalue weighted by atomic mass is 9.78. The molecule has 0 spiro atoms. The number of benzene rings is 1. The zero-order valence-corrected chi connectivity index (χ0v) is 12.2. The fourth-order valence-corrected chi connectivity index (χ4v) is 3.39. The highest BCUT2D eigenvalue weighted by molar-refractivity contribution is 6.31. The molecule has 2 bridgehead atoms. The number of nitrogens with one attached hydrogen (secondary N) is 1. The van der Waals surface area contributed by atoms with Gasteiger partial charge in [-0.1, -0.05) is 17.7 Å². The smallest absolute Gasteiger partial charge is 0.230 e. The van der Waals surface area contributed by atoms with Gasteiger partial charge >= 0.3 is 0 Å². The minimum Gasteiger partial charge on any atom is -0.550 e. The van der Waals surface area contributed by atoms with Crippen LogP contribution >= 0.6 is 11.6 Å². The Morgan fingerprint density at radius 1 is 1.29 bits per heavy atom. The molecule has 3 rings (SSSR count). The van der Waals surface area contributed by atoms with Gasteiger partial charge in [-0.2, -0.15) is 0 Å². The first-order valence-corrected chi connectivity index (χ1v) is 7.28. The van der Waals surface area contributed by atoms with Crippen LogP contribution in [0.3, 0.4) is 0 Å². The molecule has 0 aliphatic carbocycles. The van der Waals surface area contributed by atoms with Crippen molar-refractivity contribution in [2.75, 3.05) is 5.32 Å². The molecule has 6 heteroatoms. The third kappa shape index (κ3) is 2.51. The first kappa shape index (κ1) is 14.4. The number of aliphatic carboxylic acids is 1. The van der Waals surface area contributed by atoms with Crippen LogP contribution in [0.1, 0.15) is 18.4 Å². The molecule has 0 saturated carbocycles. The summed E-state index contributed by atoms with van der Waals surface area (Å²) in [5.41, 5.74) is 1.46. The summed E-state index contributed by atoms with van der Waals surface area (Å²) in [7, 11) is 0. The van der Waals surface area contributed by atoms with E-state index in [9.17, 15) is 14.7 Å². The summed E-state index contributed by atoms with van der Waals surface area (Å²) in [4.78, 5) is 23.7. The summed E-state index contributed by atoms with van der Waals surface area (Å²) in [6, 6.07) is 5.18. The Morgan fingerprint density at radius 3 is 2.57 bits per heavy atom. The van der Waals surface area contributed by atoms with E-state index < -0.39 is 23.9 Å². The molecule has 2 saturated heterocycles. The molecule has 0 unspecified atom stereocenters. The number of anilines is 1. The van der Waals surface area contributed by atoms with Crippen LogP contribution in [0.2, 0.25) is 5.02 Å². The third-order valence-corrected chi connectivity index (χ3v) is 4.69. The van der Waals surface area contributed by atoms with Crippen LogP contribution in [0, 0.1) is 18.8 Å². The van der Waals surface area contributed by atoms with Gasteiger partial charge in [0.1, 0.15) is 0 Å². The maximum atomic E-state index is 12.4. The SMILES string of the molecule is Cc1ccc(NC(=O)[C@@H]2[C@@H](C(=O)[O-])[C@H]3CC[C@@H]2O3)cc1Cl. The molecular weight excluding hydrogens is 294 g/mol. The highest BCUT2D eigenvalue weighted by Gasteiger charge is 2.52. The molecule has 0 radical (unpaired) electrons. The summed E-state index contributed by atoms with van der Waals surface area (Å²) in [6.07, 6.45) is 0.640. The molecule has 2 aliphatic heterocycles. The highest BCUT2D eigenvalue weighted by Crippen LogP contribution is 2.43. The molecule has 1 N–H and O–H groups in total. The fourth-order valence-electron chi connectivity index (χ4n) is 3.21.